The van der Waals surface area contributed by atoms with E-state index >= 15 is 0 Å². The third kappa shape index (κ3) is 2.87. The van der Waals surface area contributed by atoms with Gasteiger partial charge in [0.25, 0.3) is 0 Å². The Kier molecular flexibility index (Phi) is 3.67. The number of nitrogens with two attached hydrogens (primary N) is 1. The highest BCUT2D eigenvalue weighted by atomic mass is 32.2. The van der Waals surface area contributed by atoms with Crippen LogP contribution >= 0.6 is 23.1 Å². The Morgan fingerprint density at radius 3 is 3.00 bits per heavy atom. The first-order chi connectivity index (χ1) is 6.84. The maximum Gasteiger partial charge on any atom is 0.180 e. The second kappa shape index (κ2) is 5.00. The first-order valence-electron chi connectivity index (χ1n) is 4.74. The smallest absolute Gasteiger partial charge is 0.180 e. The first kappa shape index (κ1) is 10.3. The minimum absolute atomic E-state index is 0.674. The molecule has 78 valence electrons. The van der Waals surface area contributed by atoms with Crippen molar-refractivity contribution in [2.45, 2.75) is 23.8 Å². The Hall–Kier alpha value is -0.260. The molecule has 1 saturated heterocycles. The third-order valence-corrected chi connectivity index (χ3v) is 4.33. The summed E-state index contributed by atoms with van der Waals surface area (Å²) in [6.45, 7) is 1.83. The second-order valence-electron chi connectivity index (χ2n) is 3.30. The topological polar surface area (TPSA) is 48.1 Å². The van der Waals surface area contributed by atoms with E-state index in [1.165, 1.54) is 24.2 Å². The Bertz CT molecular complexity index is 284. The van der Waals surface area contributed by atoms with E-state index in [2.05, 4.69) is 4.98 Å². The SMILES string of the molecule is Nc1nc(CSC2CCOCC2)cs1. The maximum absolute atomic E-state index is 5.57. The minimum Gasteiger partial charge on any atom is -0.381 e. The van der Waals surface area contributed by atoms with Gasteiger partial charge in [-0.2, -0.15) is 11.8 Å². The summed E-state index contributed by atoms with van der Waals surface area (Å²) in [5, 5.41) is 3.46. The number of nitrogens with zero attached hydrogens (tertiary/aromatic N) is 1. The van der Waals surface area contributed by atoms with Gasteiger partial charge in [0.05, 0.1) is 5.69 Å². The third-order valence-electron chi connectivity index (χ3n) is 2.20. The number of rotatable bonds is 3. The van der Waals surface area contributed by atoms with Crippen molar-refractivity contribution in [3.8, 4) is 0 Å². The summed E-state index contributed by atoms with van der Waals surface area (Å²) in [5.41, 5.74) is 6.68. The van der Waals surface area contributed by atoms with Gasteiger partial charge in [-0.25, -0.2) is 4.98 Å². The van der Waals surface area contributed by atoms with Crippen LogP contribution in [0.3, 0.4) is 0 Å². The molecule has 1 aliphatic heterocycles. The fourth-order valence-electron chi connectivity index (χ4n) is 1.43. The van der Waals surface area contributed by atoms with Crippen LogP contribution in [0, 0.1) is 0 Å². The standard InChI is InChI=1S/C9H14N2OS2/c10-9-11-7(6-14-9)5-13-8-1-3-12-4-2-8/h6,8H,1-5H2,(H2,10,11). The predicted molar refractivity (Wildman–Crippen MR) is 61.7 cm³/mol. The van der Waals surface area contributed by atoms with Crippen LogP contribution in [0.4, 0.5) is 5.13 Å². The van der Waals surface area contributed by atoms with Crippen LogP contribution in [0.25, 0.3) is 0 Å². The van der Waals surface area contributed by atoms with Crippen LogP contribution in [0.2, 0.25) is 0 Å². The van der Waals surface area contributed by atoms with E-state index in [-0.39, 0.29) is 0 Å². The number of aromatic nitrogens is 1. The van der Waals surface area contributed by atoms with Crippen LogP contribution < -0.4 is 5.73 Å². The van der Waals surface area contributed by atoms with E-state index in [1.807, 2.05) is 17.1 Å². The van der Waals surface area contributed by atoms with Crippen molar-refractivity contribution in [2.24, 2.45) is 0 Å². The number of thioether (sulfide) groups is 1. The van der Waals surface area contributed by atoms with Crippen molar-refractivity contribution in [1.82, 2.24) is 4.98 Å². The number of nitrogen functional groups attached to an aromatic ring is 1. The molecule has 0 amide bonds. The molecule has 0 aliphatic carbocycles. The highest BCUT2D eigenvalue weighted by molar-refractivity contribution is 7.99. The number of hydrogen-bond acceptors (Lipinski definition) is 5. The first-order valence-corrected chi connectivity index (χ1v) is 6.66. The Morgan fingerprint density at radius 2 is 2.36 bits per heavy atom. The van der Waals surface area contributed by atoms with Crippen molar-refractivity contribution in [3.63, 3.8) is 0 Å². The van der Waals surface area contributed by atoms with Crippen molar-refractivity contribution >= 4 is 28.2 Å². The molecule has 0 atom stereocenters. The summed E-state index contributed by atoms with van der Waals surface area (Å²) in [4.78, 5) is 4.24. The number of thiazole rings is 1. The molecule has 14 heavy (non-hydrogen) atoms. The average Bonchev–Trinajstić information content (AvgIpc) is 2.63. The second-order valence-corrected chi connectivity index (χ2v) is 5.48. The minimum atomic E-state index is 0.674. The molecule has 0 aromatic carbocycles. The van der Waals surface area contributed by atoms with Crippen molar-refractivity contribution in [2.75, 3.05) is 18.9 Å². The molecular weight excluding hydrogens is 216 g/mol. The predicted octanol–water partition coefficient (Wildman–Crippen LogP) is 2.14. The number of hydrogen-bond donors (Lipinski definition) is 1. The van der Waals surface area contributed by atoms with E-state index in [4.69, 9.17) is 10.5 Å². The van der Waals surface area contributed by atoms with Gasteiger partial charge in [0.15, 0.2) is 5.13 Å². The molecule has 0 bridgehead atoms. The summed E-state index contributed by atoms with van der Waals surface area (Å²) in [5.74, 6) is 0.984. The zero-order valence-corrected chi connectivity index (χ0v) is 9.57. The lowest BCUT2D eigenvalue weighted by atomic mass is 10.2. The Morgan fingerprint density at radius 1 is 1.57 bits per heavy atom. The molecular formula is C9H14N2OS2. The van der Waals surface area contributed by atoms with E-state index in [1.54, 1.807) is 0 Å². The fraction of sp³-hybridized carbons (Fsp3) is 0.667. The highest BCUT2D eigenvalue weighted by Crippen LogP contribution is 2.26. The van der Waals surface area contributed by atoms with Crippen molar-refractivity contribution in [3.05, 3.63) is 11.1 Å². The Labute approximate surface area is 92.1 Å². The van der Waals surface area contributed by atoms with E-state index in [0.29, 0.717) is 5.13 Å². The molecule has 0 spiro atoms. The zero-order chi connectivity index (χ0) is 9.80. The van der Waals surface area contributed by atoms with Gasteiger partial charge in [-0.3, -0.25) is 0 Å². The number of anilines is 1. The normalized spacial score (nSPS) is 18.6. The van der Waals surface area contributed by atoms with Gasteiger partial charge in [0.1, 0.15) is 0 Å². The molecule has 1 aromatic heterocycles. The van der Waals surface area contributed by atoms with E-state index < -0.39 is 0 Å². The summed E-state index contributed by atoms with van der Waals surface area (Å²) in [6.07, 6.45) is 2.34. The van der Waals surface area contributed by atoms with Crippen LogP contribution in [0.1, 0.15) is 18.5 Å². The van der Waals surface area contributed by atoms with Gasteiger partial charge < -0.3 is 10.5 Å². The summed E-state index contributed by atoms with van der Waals surface area (Å²) < 4.78 is 5.31. The molecule has 0 radical (unpaired) electrons. The van der Waals surface area contributed by atoms with Crippen molar-refractivity contribution in [1.29, 1.82) is 0 Å². The molecule has 3 nitrogen and oxygen atoms in total. The van der Waals surface area contributed by atoms with Gasteiger partial charge in [0.2, 0.25) is 0 Å². The summed E-state index contributed by atoms with van der Waals surface area (Å²) in [7, 11) is 0. The van der Waals surface area contributed by atoms with Gasteiger partial charge in [-0.1, -0.05) is 0 Å². The fourth-order valence-corrected chi connectivity index (χ4v) is 3.18. The van der Waals surface area contributed by atoms with Crippen LogP contribution in [-0.4, -0.2) is 23.4 Å². The molecule has 0 saturated carbocycles. The summed E-state index contributed by atoms with van der Waals surface area (Å²) >= 11 is 3.49. The van der Waals surface area contributed by atoms with Crippen LogP contribution in [0.5, 0.6) is 0 Å². The Balaban J connectivity index is 1.76. The molecule has 2 N–H and O–H groups in total. The lowest BCUT2D eigenvalue weighted by Crippen LogP contribution is -2.17. The maximum atomic E-state index is 5.57. The molecule has 0 unspecified atom stereocenters. The van der Waals surface area contributed by atoms with Gasteiger partial charge in [-0.05, 0) is 12.8 Å². The lowest BCUT2D eigenvalue weighted by Gasteiger charge is -2.20. The highest BCUT2D eigenvalue weighted by Gasteiger charge is 2.14. The van der Waals surface area contributed by atoms with Gasteiger partial charge in [0, 0.05) is 29.6 Å². The lowest BCUT2D eigenvalue weighted by molar-refractivity contribution is 0.1000. The zero-order valence-electron chi connectivity index (χ0n) is 7.94. The van der Waals surface area contributed by atoms with Gasteiger partial charge >= 0.3 is 0 Å². The van der Waals surface area contributed by atoms with Crippen LogP contribution in [-0.2, 0) is 10.5 Å². The van der Waals surface area contributed by atoms with Crippen molar-refractivity contribution < 1.29 is 4.74 Å². The molecule has 1 aliphatic rings. The monoisotopic (exact) mass is 230 g/mol. The van der Waals surface area contributed by atoms with Crippen LogP contribution in [0.15, 0.2) is 5.38 Å². The largest absolute Gasteiger partial charge is 0.381 e. The van der Waals surface area contributed by atoms with E-state index in [9.17, 15) is 0 Å². The molecule has 1 fully saturated rings. The molecule has 1 aromatic rings. The van der Waals surface area contributed by atoms with E-state index in [0.717, 1.165) is 29.9 Å². The van der Waals surface area contributed by atoms with Gasteiger partial charge in [-0.15, -0.1) is 11.3 Å². The molecule has 2 rings (SSSR count). The molecule has 5 heteroatoms. The number of ether oxygens (including phenoxy) is 1. The summed E-state index contributed by atoms with van der Waals surface area (Å²) in [6, 6.07) is 0. The quantitative estimate of drug-likeness (QED) is 0.864. The average molecular weight is 230 g/mol. The molecule has 2 heterocycles.